The molecule has 0 saturated heterocycles. The van der Waals surface area contributed by atoms with Crippen LogP contribution in [-0.4, -0.2) is 15.7 Å². The number of ether oxygens (including phenoxy) is 1. The Morgan fingerprint density at radius 1 is 1.33 bits per heavy atom. The Kier molecular flexibility index (Phi) is 5.56. The lowest BCUT2D eigenvalue weighted by Crippen LogP contribution is -2.26. The number of aryl methyl sites for hydroxylation is 2. The van der Waals surface area contributed by atoms with Crippen LogP contribution in [0.4, 0.5) is 0 Å². The third kappa shape index (κ3) is 4.34. The molecule has 27 heavy (non-hydrogen) atoms. The largest absolute Gasteiger partial charge is 0.485 e. The van der Waals surface area contributed by atoms with Crippen molar-refractivity contribution < 1.29 is 13.9 Å². The number of hydrogen-bond donors (Lipinski definition) is 1. The molecule has 2 heterocycles. The summed E-state index contributed by atoms with van der Waals surface area (Å²) in [6, 6.07) is 8.62. The molecule has 0 aliphatic heterocycles. The topological polar surface area (TPSA) is 69.3 Å². The first-order valence-corrected chi connectivity index (χ1v) is 9.00. The van der Waals surface area contributed by atoms with Crippen molar-refractivity contribution in [2.45, 2.75) is 33.4 Å². The molecule has 1 aromatic carbocycles. The number of rotatable bonds is 6. The molecule has 0 aliphatic carbocycles. The van der Waals surface area contributed by atoms with Crippen LogP contribution in [0.2, 0.25) is 5.02 Å². The molecular weight excluding hydrogens is 366 g/mol. The van der Waals surface area contributed by atoms with E-state index in [0.29, 0.717) is 10.8 Å². The second-order valence-corrected chi connectivity index (χ2v) is 6.90. The van der Waals surface area contributed by atoms with Crippen LogP contribution in [0, 0.1) is 13.8 Å². The molecular formula is C20H22ClN3O3. The number of benzene rings is 1. The molecule has 0 fully saturated rings. The van der Waals surface area contributed by atoms with E-state index in [-0.39, 0.29) is 24.3 Å². The predicted molar refractivity (Wildman–Crippen MR) is 103 cm³/mol. The molecule has 2 aromatic heterocycles. The Hall–Kier alpha value is -2.73. The number of nitrogens with zero attached hydrogens (tertiary/aromatic N) is 2. The molecule has 7 heteroatoms. The summed E-state index contributed by atoms with van der Waals surface area (Å²) in [6.45, 7) is 6.03. The van der Waals surface area contributed by atoms with Crippen LogP contribution in [0.25, 0.3) is 0 Å². The fraction of sp³-hybridized carbons (Fsp3) is 0.300. The summed E-state index contributed by atoms with van der Waals surface area (Å²) in [7, 11) is 1.87. The summed E-state index contributed by atoms with van der Waals surface area (Å²) in [5, 5.41) is 7.79. The minimum absolute atomic E-state index is 0.173. The van der Waals surface area contributed by atoms with E-state index in [1.165, 1.54) is 0 Å². The number of furan rings is 1. The van der Waals surface area contributed by atoms with Crippen LogP contribution in [-0.2, 0) is 13.7 Å². The molecule has 0 radical (unpaired) electrons. The minimum Gasteiger partial charge on any atom is -0.485 e. The van der Waals surface area contributed by atoms with Crippen molar-refractivity contribution in [3.05, 3.63) is 69.9 Å². The smallest absolute Gasteiger partial charge is 0.287 e. The maximum atomic E-state index is 12.4. The van der Waals surface area contributed by atoms with Crippen LogP contribution < -0.4 is 10.1 Å². The highest BCUT2D eigenvalue weighted by molar-refractivity contribution is 6.30. The number of nitrogens with one attached hydrogen (secondary N) is 1. The lowest BCUT2D eigenvalue weighted by atomic mass is 10.1. The summed E-state index contributed by atoms with van der Waals surface area (Å²) >= 11 is 5.95. The maximum absolute atomic E-state index is 12.4. The van der Waals surface area contributed by atoms with E-state index in [1.54, 1.807) is 29.1 Å². The standard InChI is InChI=1S/C20H22ClN3O3/c1-12-9-15(21)5-7-18(12)26-11-16-6-8-19(27-16)20(25)23-13(2)17-10-22-24(4)14(17)3/h5-10,13H,11H2,1-4H3,(H,23,25). The van der Waals surface area contributed by atoms with Gasteiger partial charge in [0.15, 0.2) is 5.76 Å². The number of halogens is 1. The third-order valence-corrected chi connectivity index (χ3v) is 4.71. The second-order valence-electron chi connectivity index (χ2n) is 6.47. The highest BCUT2D eigenvalue weighted by atomic mass is 35.5. The summed E-state index contributed by atoms with van der Waals surface area (Å²) in [4.78, 5) is 12.4. The molecule has 1 unspecified atom stereocenters. The molecule has 0 aliphatic rings. The fourth-order valence-electron chi connectivity index (χ4n) is 2.79. The molecule has 6 nitrogen and oxygen atoms in total. The zero-order valence-electron chi connectivity index (χ0n) is 15.7. The van der Waals surface area contributed by atoms with Gasteiger partial charge >= 0.3 is 0 Å². The molecule has 142 valence electrons. The van der Waals surface area contributed by atoms with Gasteiger partial charge in [-0.05, 0) is 56.7 Å². The average Bonchev–Trinajstić information content (AvgIpc) is 3.22. The van der Waals surface area contributed by atoms with Crippen molar-refractivity contribution in [2.75, 3.05) is 0 Å². The Morgan fingerprint density at radius 3 is 2.78 bits per heavy atom. The lowest BCUT2D eigenvalue weighted by Gasteiger charge is -2.12. The molecule has 0 saturated carbocycles. The van der Waals surface area contributed by atoms with Gasteiger partial charge in [0, 0.05) is 23.3 Å². The third-order valence-electron chi connectivity index (χ3n) is 4.48. The van der Waals surface area contributed by atoms with Crippen molar-refractivity contribution in [1.82, 2.24) is 15.1 Å². The highest BCUT2D eigenvalue weighted by Gasteiger charge is 2.18. The fourth-order valence-corrected chi connectivity index (χ4v) is 3.01. The quantitative estimate of drug-likeness (QED) is 0.682. The van der Waals surface area contributed by atoms with E-state index >= 15 is 0 Å². The van der Waals surface area contributed by atoms with E-state index in [4.69, 9.17) is 20.8 Å². The van der Waals surface area contributed by atoms with E-state index in [0.717, 1.165) is 22.6 Å². The van der Waals surface area contributed by atoms with Gasteiger partial charge in [0.1, 0.15) is 18.1 Å². The summed E-state index contributed by atoms with van der Waals surface area (Å²) in [5.74, 6) is 1.26. The molecule has 1 amide bonds. The van der Waals surface area contributed by atoms with Gasteiger partial charge in [0.25, 0.3) is 5.91 Å². The summed E-state index contributed by atoms with van der Waals surface area (Å²) in [6.07, 6.45) is 1.76. The van der Waals surface area contributed by atoms with Gasteiger partial charge in [-0.2, -0.15) is 5.10 Å². The molecule has 0 bridgehead atoms. The van der Waals surface area contributed by atoms with E-state index in [1.807, 2.05) is 40.0 Å². The van der Waals surface area contributed by atoms with Crippen LogP contribution in [0.3, 0.4) is 0 Å². The van der Waals surface area contributed by atoms with Crippen molar-refractivity contribution >= 4 is 17.5 Å². The first-order chi connectivity index (χ1) is 12.8. The number of carbonyl (C=O) groups excluding carboxylic acids is 1. The molecule has 3 aromatic rings. The van der Waals surface area contributed by atoms with Crippen molar-refractivity contribution in [3.8, 4) is 5.75 Å². The van der Waals surface area contributed by atoms with Gasteiger partial charge in [-0.25, -0.2) is 0 Å². The Morgan fingerprint density at radius 2 is 2.11 bits per heavy atom. The Labute approximate surface area is 163 Å². The van der Waals surface area contributed by atoms with Gasteiger partial charge in [-0.15, -0.1) is 0 Å². The number of carbonyl (C=O) groups is 1. The zero-order chi connectivity index (χ0) is 19.6. The molecule has 1 N–H and O–H groups in total. The maximum Gasteiger partial charge on any atom is 0.287 e. The van der Waals surface area contributed by atoms with Crippen LogP contribution in [0.1, 0.15) is 46.1 Å². The number of amides is 1. The van der Waals surface area contributed by atoms with Gasteiger partial charge < -0.3 is 14.5 Å². The number of aromatic nitrogens is 2. The van der Waals surface area contributed by atoms with Gasteiger partial charge in [0.05, 0.1) is 12.2 Å². The summed E-state index contributed by atoms with van der Waals surface area (Å²) < 4.78 is 13.1. The monoisotopic (exact) mass is 387 g/mol. The van der Waals surface area contributed by atoms with Crippen molar-refractivity contribution in [2.24, 2.45) is 7.05 Å². The van der Waals surface area contributed by atoms with Crippen LogP contribution >= 0.6 is 11.6 Å². The van der Waals surface area contributed by atoms with Crippen LogP contribution in [0.5, 0.6) is 5.75 Å². The van der Waals surface area contributed by atoms with E-state index < -0.39 is 0 Å². The summed E-state index contributed by atoms with van der Waals surface area (Å²) in [5.41, 5.74) is 2.92. The first-order valence-electron chi connectivity index (χ1n) is 8.62. The Balaban J connectivity index is 1.61. The van der Waals surface area contributed by atoms with E-state index in [9.17, 15) is 4.79 Å². The van der Waals surface area contributed by atoms with Crippen molar-refractivity contribution in [3.63, 3.8) is 0 Å². The zero-order valence-corrected chi connectivity index (χ0v) is 16.5. The normalized spacial score (nSPS) is 12.0. The molecule has 1 atom stereocenters. The number of hydrogen-bond acceptors (Lipinski definition) is 4. The van der Waals surface area contributed by atoms with Crippen molar-refractivity contribution in [1.29, 1.82) is 0 Å². The SMILES string of the molecule is Cc1cc(Cl)ccc1OCc1ccc(C(=O)NC(C)c2cnn(C)c2C)o1. The van der Waals surface area contributed by atoms with Crippen LogP contribution in [0.15, 0.2) is 40.9 Å². The predicted octanol–water partition coefficient (Wildman–Crippen LogP) is 4.35. The molecule has 0 spiro atoms. The first kappa shape index (κ1) is 19.0. The second kappa shape index (κ2) is 7.88. The average molecular weight is 388 g/mol. The minimum atomic E-state index is -0.278. The van der Waals surface area contributed by atoms with Gasteiger partial charge in [-0.1, -0.05) is 11.6 Å². The van der Waals surface area contributed by atoms with Gasteiger partial charge in [-0.3, -0.25) is 9.48 Å². The molecule has 3 rings (SSSR count). The van der Waals surface area contributed by atoms with Gasteiger partial charge in [0.2, 0.25) is 0 Å². The highest BCUT2D eigenvalue weighted by Crippen LogP contribution is 2.23. The Bertz CT molecular complexity index is 961. The lowest BCUT2D eigenvalue weighted by molar-refractivity contribution is 0.0907. The van der Waals surface area contributed by atoms with E-state index in [2.05, 4.69) is 10.4 Å².